The molecule has 1 saturated heterocycles. The van der Waals surface area contributed by atoms with Crippen molar-refractivity contribution in [2.24, 2.45) is 13.0 Å². The second kappa shape index (κ2) is 6.02. The number of carbonyl (C=O) groups excluding carboxylic acids is 1. The van der Waals surface area contributed by atoms with Crippen molar-refractivity contribution >= 4 is 32.6 Å². The number of fused-ring (bicyclic) bond motifs is 1. The summed E-state index contributed by atoms with van der Waals surface area (Å²) in [5.74, 6) is 0.298. The number of carbonyl (C=O) groups is 1. The van der Waals surface area contributed by atoms with E-state index in [1.54, 1.807) is 11.3 Å². The van der Waals surface area contributed by atoms with Crippen LogP contribution in [0.3, 0.4) is 0 Å². The lowest BCUT2D eigenvalue weighted by Crippen LogP contribution is -2.38. The van der Waals surface area contributed by atoms with Crippen molar-refractivity contribution in [1.82, 2.24) is 14.8 Å². The summed E-state index contributed by atoms with van der Waals surface area (Å²) < 4.78 is 2.98. The smallest absolute Gasteiger partial charge is 0.188 e. The molecule has 0 aliphatic carbocycles. The normalized spacial score (nSPS) is 18.2. The highest BCUT2D eigenvalue weighted by Crippen LogP contribution is 2.33. The van der Waals surface area contributed by atoms with Gasteiger partial charge < -0.3 is 4.90 Å². The maximum Gasteiger partial charge on any atom is 0.188 e. The van der Waals surface area contributed by atoms with E-state index in [2.05, 4.69) is 10.00 Å². The molecule has 1 fully saturated rings. The van der Waals surface area contributed by atoms with Crippen LogP contribution in [0.2, 0.25) is 0 Å². The first-order valence-corrected chi connectivity index (χ1v) is 9.09. The van der Waals surface area contributed by atoms with Crippen molar-refractivity contribution in [2.75, 3.05) is 18.0 Å². The standard InChI is InChI=1S/C18H20N4OS/c1-12-16-17(21(2)20-12)19-18(24-16)22-10-6-9-14(11-22)15(23)13-7-4-3-5-8-13/h3-5,7-8,14H,6,9-11H2,1-2H3. The second-order valence-electron chi connectivity index (χ2n) is 6.37. The number of ketones is 1. The zero-order valence-electron chi connectivity index (χ0n) is 13.9. The van der Waals surface area contributed by atoms with Gasteiger partial charge in [0.2, 0.25) is 0 Å². The molecule has 0 amide bonds. The molecule has 5 nitrogen and oxygen atoms in total. The van der Waals surface area contributed by atoms with Gasteiger partial charge in [0, 0.05) is 31.6 Å². The van der Waals surface area contributed by atoms with Crippen LogP contribution >= 0.6 is 11.3 Å². The Labute approximate surface area is 144 Å². The molecule has 3 heterocycles. The van der Waals surface area contributed by atoms with Gasteiger partial charge in [-0.15, -0.1) is 0 Å². The maximum atomic E-state index is 12.7. The molecule has 0 saturated carbocycles. The molecule has 0 N–H and O–H groups in total. The molecule has 1 aromatic carbocycles. The van der Waals surface area contributed by atoms with Gasteiger partial charge in [-0.05, 0) is 19.8 Å². The van der Waals surface area contributed by atoms with Gasteiger partial charge in [0.1, 0.15) is 0 Å². The third-order valence-electron chi connectivity index (χ3n) is 4.65. The topological polar surface area (TPSA) is 51.0 Å². The summed E-state index contributed by atoms with van der Waals surface area (Å²) in [5, 5.41) is 5.42. The van der Waals surface area contributed by atoms with E-state index in [0.29, 0.717) is 0 Å². The average Bonchev–Trinajstić information content (AvgIpc) is 3.17. The molecule has 3 aromatic rings. The molecule has 0 bridgehead atoms. The van der Waals surface area contributed by atoms with E-state index in [-0.39, 0.29) is 11.7 Å². The van der Waals surface area contributed by atoms with Gasteiger partial charge in [0.15, 0.2) is 16.6 Å². The molecule has 1 aliphatic heterocycles. The Morgan fingerprint density at radius 1 is 1.29 bits per heavy atom. The molecule has 124 valence electrons. The number of benzene rings is 1. The zero-order valence-corrected chi connectivity index (χ0v) is 14.7. The van der Waals surface area contributed by atoms with Gasteiger partial charge >= 0.3 is 0 Å². The first-order valence-electron chi connectivity index (χ1n) is 8.28. The summed E-state index contributed by atoms with van der Waals surface area (Å²) in [6, 6.07) is 9.62. The molecule has 4 rings (SSSR count). The molecule has 1 atom stereocenters. The fourth-order valence-corrected chi connectivity index (χ4v) is 4.48. The molecule has 0 radical (unpaired) electrons. The van der Waals surface area contributed by atoms with Crippen LogP contribution in [-0.2, 0) is 7.05 Å². The SMILES string of the molecule is Cc1nn(C)c2nc(N3CCCC(C(=O)c4ccccc4)C3)sc12. The van der Waals surface area contributed by atoms with Crippen LogP contribution in [0.4, 0.5) is 5.13 Å². The Morgan fingerprint density at radius 2 is 2.08 bits per heavy atom. The van der Waals surface area contributed by atoms with Crippen molar-refractivity contribution in [1.29, 1.82) is 0 Å². The van der Waals surface area contributed by atoms with Crippen molar-refractivity contribution in [3.8, 4) is 0 Å². The van der Waals surface area contributed by atoms with Gasteiger partial charge in [-0.3, -0.25) is 4.79 Å². The molecule has 1 aliphatic rings. The van der Waals surface area contributed by atoms with Crippen LogP contribution in [0.15, 0.2) is 30.3 Å². The summed E-state index contributed by atoms with van der Waals surface area (Å²) in [4.78, 5) is 19.8. The number of Topliss-reactive ketones (excluding diaryl/α,β-unsaturated/α-hetero) is 1. The minimum absolute atomic E-state index is 0.0485. The Morgan fingerprint density at radius 3 is 2.83 bits per heavy atom. The van der Waals surface area contributed by atoms with Gasteiger partial charge in [-0.1, -0.05) is 41.7 Å². The summed E-state index contributed by atoms with van der Waals surface area (Å²) in [7, 11) is 1.93. The molecule has 0 spiro atoms. The predicted molar refractivity (Wildman–Crippen MR) is 96.8 cm³/mol. The van der Waals surface area contributed by atoms with Gasteiger partial charge in [-0.25, -0.2) is 9.67 Å². The lowest BCUT2D eigenvalue weighted by atomic mass is 9.90. The lowest BCUT2D eigenvalue weighted by molar-refractivity contribution is 0.0907. The fourth-order valence-electron chi connectivity index (χ4n) is 3.41. The summed E-state index contributed by atoms with van der Waals surface area (Å²) in [5.41, 5.74) is 2.77. The highest BCUT2D eigenvalue weighted by molar-refractivity contribution is 7.22. The summed E-state index contributed by atoms with van der Waals surface area (Å²) >= 11 is 1.68. The number of anilines is 1. The number of hydrogen-bond acceptors (Lipinski definition) is 5. The second-order valence-corrected chi connectivity index (χ2v) is 7.35. The number of aryl methyl sites for hydroxylation is 2. The van der Waals surface area contributed by atoms with Gasteiger partial charge in [-0.2, -0.15) is 5.10 Å². The van der Waals surface area contributed by atoms with E-state index in [1.165, 1.54) is 0 Å². The zero-order chi connectivity index (χ0) is 16.7. The Bertz CT molecular complexity index is 849. The molecule has 6 heteroatoms. The Hall–Kier alpha value is -2.21. The number of piperidine rings is 1. The third kappa shape index (κ3) is 2.60. The minimum atomic E-state index is 0.0485. The molecule has 1 unspecified atom stereocenters. The van der Waals surface area contributed by atoms with E-state index in [4.69, 9.17) is 4.98 Å². The number of hydrogen-bond donors (Lipinski definition) is 0. The minimum Gasteiger partial charge on any atom is -0.347 e. The van der Waals surface area contributed by atoms with E-state index in [0.717, 1.165) is 52.7 Å². The van der Waals surface area contributed by atoms with Crippen LogP contribution in [0.1, 0.15) is 28.9 Å². The third-order valence-corrected chi connectivity index (χ3v) is 5.87. The fraction of sp³-hybridized carbons (Fsp3) is 0.389. The van der Waals surface area contributed by atoms with Gasteiger partial charge in [0.25, 0.3) is 0 Å². The Kier molecular flexibility index (Phi) is 3.84. The molecule has 24 heavy (non-hydrogen) atoms. The number of rotatable bonds is 3. The van der Waals surface area contributed by atoms with E-state index < -0.39 is 0 Å². The quantitative estimate of drug-likeness (QED) is 0.685. The van der Waals surface area contributed by atoms with Crippen LogP contribution in [0, 0.1) is 12.8 Å². The molecular formula is C18H20N4OS. The number of aromatic nitrogens is 3. The summed E-state index contributed by atoms with van der Waals surface area (Å²) in [6.07, 6.45) is 1.98. The van der Waals surface area contributed by atoms with Gasteiger partial charge in [0.05, 0.1) is 10.4 Å². The van der Waals surface area contributed by atoms with E-state index >= 15 is 0 Å². The van der Waals surface area contributed by atoms with E-state index in [1.807, 2.05) is 49.0 Å². The van der Waals surface area contributed by atoms with Crippen molar-refractivity contribution in [3.63, 3.8) is 0 Å². The number of thiazole rings is 1. The number of nitrogens with zero attached hydrogens (tertiary/aromatic N) is 4. The van der Waals surface area contributed by atoms with Crippen molar-refractivity contribution < 1.29 is 4.79 Å². The monoisotopic (exact) mass is 340 g/mol. The largest absolute Gasteiger partial charge is 0.347 e. The highest BCUT2D eigenvalue weighted by Gasteiger charge is 2.28. The molecular weight excluding hydrogens is 320 g/mol. The predicted octanol–water partition coefficient (Wildman–Crippen LogP) is 3.44. The van der Waals surface area contributed by atoms with Crippen LogP contribution in [-0.4, -0.2) is 33.6 Å². The van der Waals surface area contributed by atoms with E-state index in [9.17, 15) is 4.79 Å². The Balaban J connectivity index is 1.58. The average molecular weight is 340 g/mol. The van der Waals surface area contributed by atoms with Crippen molar-refractivity contribution in [3.05, 3.63) is 41.6 Å². The first kappa shape index (κ1) is 15.3. The van der Waals surface area contributed by atoms with Crippen molar-refractivity contribution in [2.45, 2.75) is 19.8 Å². The summed E-state index contributed by atoms with van der Waals surface area (Å²) in [6.45, 7) is 3.73. The van der Waals surface area contributed by atoms with Crippen LogP contribution < -0.4 is 4.90 Å². The molecule has 2 aromatic heterocycles. The maximum absolute atomic E-state index is 12.7. The lowest BCUT2D eigenvalue weighted by Gasteiger charge is -2.31. The van der Waals surface area contributed by atoms with Crippen LogP contribution in [0.5, 0.6) is 0 Å². The highest BCUT2D eigenvalue weighted by atomic mass is 32.1. The first-order chi connectivity index (χ1) is 11.6. The van der Waals surface area contributed by atoms with Crippen LogP contribution in [0.25, 0.3) is 10.3 Å².